The number of likely N-dealkylation sites (tertiary alicyclic amines) is 1. The van der Waals surface area contributed by atoms with Crippen LogP contribution in [0.25, 0.3) is 0 Å². The molecule has 0 bridgehead atoms. The Morgan fingerprint density at radius 2 is 2.05 bits per heavy atom. The van der Waals surface area contributed by atoms with E-state index in [4.69, 9.17) is 0 Å². The van der Waals surface area contributed by atoms with E-state index in [1.807, 2.05) is 0 Å². The number of amides is 1. The minimum Gasteiger partial charge on any atom is -0.348 e. The Balaban J connectivity index is 2.11. The second-order valence-corrected chi connectivity index (χ2v) is 6.42. The predicted molar refractivity (Wildman–Crippen MR) is 85.0 cm³/mol. The van der Waals surface area contributed by atoms with Gasteiger partial charge in [-0.25, -0.2) is 0 Å². The molecule has 22 heavy (non-hydrogen) atoms. The van der Waals surface area contributed by atoms with Gasteiger partial charge in [-0.1, -0.05) is 6.92 Å². The van der Waals surface area contributed by atoms with E-state index in [1.54, 1.807) is 13.0 Å². The summed E-state index contributed by atoms with van der Waals surface area (Å²) in [5, 5.41) is 13.9. The number of nitrogens with one attached hydrogen (secondary N) is 1. The second kappa shape index (κ2) is 6.44. The van der Waals surface area contributed by atoms with Gasteiger partial charge in [0.1, 0.15) is 0 Å². The van der Waals surface area contributed by atoms with Crippen LogP contribution in [-0.2, 0) is 0 Å². The second-order valence-electron chi connectivity index (χ2n) is 6.42. The van der Waals surface area contributed by atoms with Crippen LogP contribution in [0, 0.1) is 23.0 Å². The van der Waals surface area contributed by atoms with Crippen molar-refractivity contribution in [1.29, 1.82) is 0 Å². The largest absolute Gasteiger partial charge is 0.348 e. The van der Waals surface area contributed by atoms with Gasteiger partial charge in [0.2, 0.25) is 0 Å². The summed E-state index contributed by atoms with van der Waals surface area (Å²) in [5.74, 6) is 0.125. The van der Waals surface area contributed by atoms with Crippen LogP contribution in [-0.4, -0.2) is 40.9 Å². The number of benzene rings is 1. The maximum atomic E-state index is 12.4. The number of carbonyl (C=O) groups excluding carboxylic acids is 1. The lowest BCUT2D eigenvalue weighted by atomic mass is 10.0. The van der Waals surface area contributed by atoms with E-state index in [9.17, 15) is 14.9 Å². The number of hydrogen-bond donors (Lipinski definition) is 1. The summed E-state index contributed by atoms with van der Waals surface area (Å²) in [4.78, 5) is 25.2. The monoisotopic (exact) mass is 305 g/mol. The van der Waals surface area contributed by atoms with Crippen molar-refractivity contribution in [3.63, 3.8) is 0 Å². The van der Waals surface area contributed by atoms with Crippen LogP contribution in [0.2, 0.25) is 0 Å². The summed E-state index contributed by atoms with van der Waals surface area (Å²) in [7, 11) is 0. The number of hydrogen-bond acceptors (Lipinski definition) is 4. The molecule has 1 aliphatic heterocycles. The molecule has 1 amide bonds. The van der Waals surface area contributed by atoms with E-state index in [1.165, 1.54) is 12.1 Å². The molecule has 0 aromatic heterocycles. The Morgan fingerprint density at radius 1 is 1.36 bits per heavy atom. The van der Waals surface area contributed by atoms with Gasteiger partial charge in [0.05, 0.1) is 4.92 Å². The van der Waals surface area contributed by atoms with Gasteiger partial charge >= 0.3 is 0 Å². The van der Waals surface area contributed by atoms with Gasteiger partial charge in [0.15, 0.2) is 0 Å². The van der Waals surface area contributed by atoms with Gasteiger partial charge in [-0.2, -0.15) is 0 Å². The molecule has 1 aromatic rings. The van der Waals surface area contributed by atoms with E-state index >= 15 is 0 Å². The predicted octanol–water partition coefficient (Wildman–Crippen LogP) is 2.36. The molecule has 1 N–H and O–H groups in total. The molecule has 0 radical (unpaired) electrons. The minimum absolute atomic E-state index is 0.0478. The third-order valence-electron chi connectivity index (χ3n) is 4.22. The first-order valence-corrected chi connectivity index (χ1v) is 7.59. The van der Waals surface area contributed by atoms with E-state index in [0.29, 0.717) is 23.1 Å². The highest BCUT2D eigenvalue weighted by Gasteiger charge is 2.32. The molecule has 0 spiro atoms. The number of carbonyl (C=O) groups is 1. The third-order valence-corrected chi connectivity index (χ3v) is 4.22. The third kappa shape index (κ3) is 3.62. The topological polar surface area (TPSA) is 75.5 Å². The van der Waals surface area contributed by atoms with Crippen LogP contribution in [0.15, 0.2) is 18.2 Å². The van der Waals surface area contributed by atoms with Gasteiger partial charge < -0.3 is 5.32 Å². The zero-order chi connectivity index (χ0) is 16.4. The molecule has 120 valence electrons. The lowest BCUT2D eigenvalue weighted by molar-refractivity contribution is -0.384. The van der Waals surface area contributed by atoms with E-state index in [0.717, 1.165) is 13.1 Å². The molecule has 6 heteroatoms. The van der Waals surface area contributed by atoms with Gasteiger partial charge in [-0.15, -0.1) is 0 Å². The molecule has 0 saturated carbocycles. The molecular weight excluding hydrogens is 282 g/mol. The maximum absolute atomic E-state index is 12.4. The molecular formula is C16H23N3O3. The van der Waals surface area contributed by atoms with Crippen molar-refractivity contribution in [1.82, 2.24) is 10.2 Å². The maximum Gasteiger partial charge on any atom is 0.270 e. The molecule has 1 saturated heterocycles. The Kier molecular flexibility index (Phi) is 4.81. The number of nitrogens with zero attached hydrogens (tertiary/aromatic N) is 2. The fraction of sp³-hybridized carbons (Fsp3) is 0.562. The van der Waals surface area contributed by atoms with Gasteiger partial charge in [0, 0.05) is 42.9 Å². The summed E-state index contributed by atoms with van der Waals surface area (Å²) in [6.45, 7) is 9.92. The smallest absolute Gasteiger partial charge is 0.270 e. The van der Waals surface area contributed by atoms with Crippen molar-refractivity contribution in [3.05, 3.63) is 39.4 Å². The summed E-state index contributed by atoms with van der Waals surface area (Å²) in [6, 6.07) is 5.01. The van der Waals surface area contributed by atoms with Crippen molar-refractivity contribution in [2.75, 3.05) is 13.1 Å². The SMILES string of the molecule is Cc1cc(C(=O)NC2CN(C(C)C)CC2C)cc([N+](=O)[O-])c1. The van der Waals surface area contributed by atoms with Crippen molar-refractivity contribution in [2.24, 2.45) is 5.92 Å². The molecule has 2 unspecified atom stereocenters. The standard InChI is InChI=1S/C16H23N3O3/c1-10(2)18-8-12(4)15(9-18)17-16(20)13-5-11(3)6-14(7-13)19(21)22/h5-7,10,12,15H,8-9H2,1-4H3,(H,17,20). The number of rotatable bonds is 4. The first-order valence-electron chi connectivity index (χ1n) is 7.59. The van der Waals surface area contributed by atoms with Crippen LogP contribution < -0.4 is 5.32 Å². The Hall–Kier alpha value is -1.95. The lowest BCUT2D eigenvalue weighted by Crippen LogP contribution is -2.40. The molecule has 2 rings (SSSR count). The average Bonchev–Trinajstić information content (AvgIpc) is 2.79. The average molecular weight is 305 g/mol. The lowest BCUT2D eigenvalue weighted by Gasteiger charge is -2.20. The van der Waals surface area contributed by atoms with Gasteiger partial charge in [-0.3, -0.25) is 19.8 Å². The number of nitro benzene ring substituents is 1. The van der Waals surface area contributed by atoms with Crippen molar-refractivity contribution >= 4 is 11.6 Å². The van der Waals surface area contributed by atoms with Crippen molar-refractivity contribution in [3.8, 4) is 0 Å². The van der Waals surface area contributed by atoms with Crippen LogP contribution in [0.5, 0.6) is 0 Å². The first kappa shape index (κ1) is 16.4. The quantitative estimate of drug-likeness (QED) is 0.684. The fourth-order valence-electron chi connectivity index (χ4n) is 2.86. The van der Waals surface area contributed by atoms with E-state index < -0.39 is 4.92 Å². The molecule has 1 aliphatic rings. The molecule has 1 aromatic carbocycles. The van der Waals surface area contributed by atoms with Crippen LogP contribution >= 0.6 is 0 Å². The number of non-ortho nitro benzene ring substituents is 1. The summed E-state index contributed by atoms with van der Waals surface area (Å²) in [5.41, 5.74) is 1.01. The highest BCUT2D eigenvalue weighted by atomic mass is 16.6. The van der Waals surface area contributed by atoms with Gasteiger partial charge in [-0.05, 0) is 38.3 Å². The fourth-order valence-corrected chi connectivity index (χ4v) is 2.86. The first-order chi connectivity index (χ1) is 10.3. The summed E-state index contributed by atoms with van der Waals surface area (Å²) in [6.07, 6.45) is 0. The molecule has 2 atom stereocenters. The Bertz CT molecular complexity index is 586. The van der Waals surface area contributed by atoms with Crippen LogP contribution in [0.1, 0.15) is 36.7 Å². The highest BCUT2D eigenvalue weighted by molar-refractivity contribution is 5.95. The van der Waals surface area contributed by atoms with E-state index in [-0.39, 0.29) is 17.6 Å². The molecule has 1 fully saturated rings. The number of aryl methyl sites for hydroxylation is 1. The Labute approximate surface area is 130 Å². The van der Waals surface area contributed by atoms with Crippen LogP contribution in [0.3, 0.4) is 0 Å². The number of nitro groups is 1. The van der Waals surface area contributed by atoms with E-state index in [2.05, 4.69) is 31.0 Å². The molecule has 0 aliphatic carbocycles. The van der Waals surface area contributed by atoms with Crippen molar-refractivity contribution in [2.45, 2.75) is 39.8 Å². The zero-order valence-electron chi connectivity index (χ0n) is 13.5. The molecule has 1 heterocycles. The zero-order valence-corrected chi connectivity index (χ0v) is 13.5. The summed E-state index contributed by atoms with van der Waals surface area (Å²) >= 11 is 0. The Morgan fingerprint density at radius 3 is 2.59 bits per heavy atom. The van der Waals surface area contributed by atoms with Crippen molar-refractivity contribution < 1.29 is 9.72 Å². The molecule has 6 nitrogen and oxygen atoms in total. The normalized spacial score (nSPS) is 22.0. The van der Waals surface area contributed by atoms with Crippen LogP contribution in [0.4, 0.5) is 5.69 Å². The minimum atomic E-state index is -0.470. The highest BCUT2D eigenvalue weighted by Crippen LogP contribution is 2.20. The summed E-state index contributed by atoms with van der Waals surface area (Å²) < 4.78 is 0. The van der Waals surface area contributed by atoms with Gasteiger partial charge in [0.25, 0.3) is 11.6 Å².